The lowest BCUT2D eigenvalue weighted by atomic mass is 10.3. The van der Waals surface area contributed by atoms with Crippen molar-refractivity contribution in [3.63, 3.8) is 0 Å². The van der Waals surface area contributed by atoms with Gasteiger partial charge >= 0.3 is 0 Å². The number of anilines is 2. The van der Waals surface area contributed by atoms with Crippen LogP contribution in [0.25, 0.3) is 0 Å². The molecule has 6 nitrogen and oxygen atoms in total. The van der Waals surface area contributed by atoms with Crippen LogP contribution in [0.3, 0.4) is 0 Å². The van der Waals surface area contributed by atoms with Crippen molar-refractivity contribution < 1.29 is 8.42 Å². The van der Waals surface area contributed by atoms with Crippen LogP contribution in [-0.2, 0) is 10.0 Å². The van der Waals surface area contributed by atoms with Gasteiger partial charge in [0.05, 0.1) is 11.4 Å². The van der Waals surface area contributed by atoms with Gasteiger partial charge in [-0.3, -0.25) is 9.71 Å². The Labute approximate surface area is 124 Å². The minimum atomic E-state index is -3.75. The molecule has 0 aromatic carbocycles. The second kappa shape index (κ2) is 6.53. The maximum atomic E-state index is 12.5. The number of aryl methyl sites for hydroxylation is 1. The highest BCUT2D eigenvalue weighted by Gasteiger charge is 2.20. The molecular formula is C14H18N4O2S. The molecule has 0 bridgehead atoms. The Balaban J connectivity index is 2.34. The Kier molecular flexibility index (Phi) is 4.74. The summed E-state index contributed by atoms with van der Waals surface area (Å²) in [5, 5.41) is 3.07. The van der Waals surface area contributed by atoms with Crippen molar-refractivity contribution in [3.05, 3.63) is 42.4 Å². The van der Waals surface area contributed by atoms with Gasteiger partial charge in [-0.25, -0.2) is 4.98 Å². The number of sulfonamides is 1. The average molecular weight is 306 g/mol. The molecule has 0 amide bonds. The molecule has 21 heavy (non-hydrogen) atoms. The normalized spacial score (nSPS) is 11.1. The predicted octanol–water partition coefficient (Wildman–Crippen LogP) is 2.41. The summed E-state index contributed by atoms with van der Waals surface area (Å²) < 4.78 is 27.6. The number of rotatable bonds is 6. The van der Waals surface area contributed by atoms with E-state index in [0.29, 0.717) is 17.9 Å². The van der Waals surface area contributed by atoms with Crippen molar-refractivity contribution in [2.45, 2.75) is 25.3 Å². The summed E-state index contributed by atoms with van der Waals surface area (Å²) in [6, 6.07) is 5.03. The summed E-state index contributed by atoms with van der Waals surface area (Å²) in [4.78, 5) is 7.94. The van der Waals surface area contributed by atoms with Crippen LogP contribution in [0, 0.1) is 6.92 Å². The topological polar surface area (TPSA) is 84.0 Å². The molecule has 0 aliphatic carbocycles. The second-order valence-electron chi connectivity index (χ2n) is 4.58. The quantitative estimate of drug-likeness (QED) is 0.856. The summed E-state index contributed by atoms with van der Waals surface area (Å²) in [5.41, 5.74) is 1.75. The number of nitrogens with one attached hydrogen (secondary N) is 2. The molecule has 2 heterocycles. The lowest BCUT2D eigenvalue weighted by Gasteiger charge is -2.13. The average Bonchev–Trinajstić information content (AvgIpc) is 2.47. The molecule has 2 rings (SSSR count). The van der Waals surface area contributed by atoms with Gasteiger partial charge in [0.2, 0.25) is 0 Å². The highest BCUT2D eigenvalue weighted by Crippen LogP contribution is 2.22. The molecule has 2 aromatic heterocycles. The number of pyridine rings is 2. The predicted molar refractivity (Wildman–Crippen MR) is 82.8 cm³/mol. The third-order valence-electron chi connectivity index (χ3n) is 2.86. The number of hydrogen-bond donors (Lipinski definition) is 2. The smallest absolute Gasteiger partial charge is 0.281 e. The lowest BCUT2D eigenvalue weighted by Crippen LogP contribution is -2.17. The van der Waals surface area contributed by atoms with Gasteiger partial charge in [-0.15, -0.1) is 0 Å². The zero-order valence-electron chi connectivity index (χ0n) is 12.0. The first-order chi connectivity index (χ1) is 10.0. The summed E-state index contributed by atoms with van der Waals surface area (Å²) in [5.74, 6) is 0. The van der Waals surface area contributed by atoms with Gasteiger partial charge in [0.15, 0.2) is 5.03 Å². The lowest BCUT2D eigenvalue weighted by molar-refractivity contribution is 0.598. The first kappa shape index (κ1) is 15.2. The van der Waals surface area contributed by atoms with Crippen molar-refractivity contribution >= 4 is 21.4 Å². The fourth-order valence-electron chi connectivity index (χ4n) is 1.78. The van der Waals surface area contributed by atoms with E-state index in [1.54, 1.807) is 37.5 Å². The molecule has 0 saturated carbocycles. The third kappa shape index (κ3) is 3.69. The molecule has 0 spiro atoms. The van der Waals surface area contributed by atoms with Gasteiger partial charge in [-0.05, 0) is 37.1 Å². The van der Waals surface area contributed by atoms with Crippen LogP contribution >= 0.6 is 0 Å². The Morgan fingerprint density at radius 3 is 2.71 bits per heavy atom. The third-order valence-corrected chi connectivity index (χ3v) is 4.18. The van der Waals surface area contributed by atoms with E-state index in [0.717, 1.165) is 12.0 Å². The Morgan fingerprint density at radius 1 is 1.19 bits per heavy atom. The molecule has 0 unspecified atom stereocenters. The van der Waals surface area contributed by atoms with Gasteiger partial charge in [0, 0.05) is 25.1 Å². The zero-order valence-corrected chi connectivity index (χ0v) is 12.8. The fourth-order valence-corrected chi connectivity index (χ4v) is 3.02. The Hall–Kier alpha value is -2.15. The SMILES string of the molecule is CCCNc1cccnc1S(=O)(=O)Nc1ccncc1C. The van der Waals surface area contributed by atoms with E-state index in [4.69, 9.17) is 0 Å². The number of hydrogen-bond acceptors (Lipinski definition) is 5. The summed E-state index contributed by atoms with van der Waals surface area (Å²) >= 11 is 0. The first-order valence-corrected chi connectivity index (χ1v) is 8.15. The standard InChI is InChI=1S/C14H18N4O2S/c1-3-7-16-13-5-4-8-17-14(13)21(19,20)18-12-6-9-15-10-11(12)2/h4-6,8-10,16H,3,7H2,1-2H3,(H,15,18). The van der Waals surface area contributed by atoms with E-state index < -0.39 is 10.0 Å². The van der Waals surface area contributed by atoms with E-state index >= 15 is 0 Å². The largest absolute Gasteiger partial charge is 0.383 e. The van der Waals surface area contributed by atoms with Crippen LogP contribution < -0.4 is 10.0 Å². The van der Waals surface area contributed by atoms with Gasteiger partial charge in [0.1, 0.15) is 0 Å². The van der Waals surface area contributed by atoms with E-state index in [-0.39, 0.29) is 5.03 Å². The minimum Gasteiger partial charge on any atom is -0.383 e. The van der Waals surface area contributed by atoms with Gasteiger partial charge in [-0.2, -0.15) is 8.42 Å². The van der Waals surface area contributed by atoms with Crippen molar-refractivity contribution in [2.24, 2.45) is 0 Å². The molecule has 112 valence electrons. The molecule has 0 radical (unpaired) electrons. The minimum absolute atomic E-state index is 0.00494. The fraction of sp³-hybridized carbons (Fsp3) is 0.286. The van der Waals surface area contributed by atoms with Crippen molar-refractivity contribution in [2.75, 3.05) is 16.6 Å². The second-order valence-corrected chi connectivity index (χ2v) is 6.18. The van der Waals surface area contributed by atoms with Crippen molar-refractivity contribution in [3.8, 4) is 0 Å². The highest BCUT2D eigenvalue weighted by molar-refractivity contribution is 7.92. The zero-order chi connectivity index (χ0) is 15.3. The van der Waals surface area contributed by atoms with Crippen LogP contribution in [0.4, 0.5) is 11.4 Å². The van der Waals surface area contributed by atoms with Crippen LogP contribution in [0.15, 0.2) is 41.8 Å². The summed E-state index contributed by atoms with van der Waals surface area (Å²) in [7, 11) is -3.75. The molecule has 2 N–H and O–H groups in total. The highest BCUT2D eigenvalue weighted by atomic mass is 32.2. The summed E-state index contributed by atoms with van der Waals surface area (Å²) in [6.45, 7) is 4.48. The van der Waals surface area contributed by atoms with E-state index in [2.05, 4.69) is 20.0 Å². The molecule has 0 atom stereocenters. The monoisotopic (exact) mass is 306 g/mol. The van der Waals surface area contributed by atoms with Gasteiger partial charge < -0.3 is 5.32 Å². The Morgan fingerprint density at radius 2 is 2.00 bits per heavy atom. The molecule has 0 aliphatic heterocycles. The molecule has 7 heteroatoms. The molecule has 0 saturated heterocycles. The van der Waals surface area contributed by atoms with Crippen LogP contribution in [0.2, 0.25) is 0 Å². The molecular weight excluding hydrogens is 288 g/mol. The maximum absolute atomic E-state index is 12.5. The van der Waals surface area contributed by atoms with E-state index in [9.17, 15) is 8.42 Å². The number of nitrogens with zero attached hydrogens (tertiary/aromatic N) is 2. The molecule has 2 aromatic rings. The van der Waals surface area contributed by atoms with Crippen LogP contribution in [0.1, 0.15) is 18.9 Å². The van der Waals surface area contributed by atoms with E-state index in [1.807, 2.05) is 6.92 Å². The number of aromatic nitrogens is 2. The maximum Gasteiger partial charge on any atom is 0.281 e. The van der Waals surface area contributed by atoms with Crippen molar-refractivity contribution in [1.29, 1.82) is 0 Å². The molecule has 0 aliphatic rings. The first-order valence-electron chi connectivity index (χ1n) is 6.67. The van der Waals surface area contributed by atoms with Gasteiger partial charge in [0.25, 0.3) is 10.0 Å². The van der Waals surface area contributed by atoms with Crippen LogP contribution in [-0.4, -0.2) is 24.9 Å². The van der Waals surface area contributed by atoms with Crippen molar-refractivity contribution in [1.82, 2.24) is 9.97 Å². The Bertz CT molecular complexity index is 716. The van der Waals surface area contributed by atoms with E-state index in [1.165, 1.54) is 6.20 Å². The van der Waals surface area contributed by atoms with Crippen LogP contribution in [0.5, 0.6) is 0 Å². The summed E-state index contributed by atoms with van der Waals surface area (Å²) in [6.07, 6.45) is 5.50. The molecule has 0 fully saturated rings. The van der Waals surface area contributed by atoms with Gasteiger partial charge in [-0.1, -0.05) is 6.92 Å².